The third kappa shape index (κ3) is 1.62. The molecule has 12 heavy (non-hydrogen) atoms. The number of aromatic nitrogens is 1. The normalized spacial score (nSPS) is 9.50. The third-order valence-electron chi connectivity index (χ3n) is 1.65. The highest BCUT2D eigenvalue weighted by Crippen LogP contribution is 2.14. The van der Waals surface area contributed by atoms with E-state index in [1.54, 1.807) is 19.4 Å². The van der Waals surface area contributed by atoms with Crippen molar-refractivity contribution in [3.05, 3.63) is 30.0 Å². The molecular formula is C9H12N2O. The van der Waals surface area contributed by atoms with E-state index in [-0.39, 0.29) is 0 Å². The maximum absolute atomic E-state index is 5.52. The number of hydrogen-bond acceptors (Lipinski definition) is 3. The topological polar surface area (TPSA) is 48.1 Å². The number of nitrogens with zero attached hydrogens (tertiary/aromatic N) is 1. The molecule has 1 aromatic heterocycles. The summed E-state index contributed by atoms with van der Waals surface area (Å²) in [4.78, 5) is 4.03. The minimum absolute atomic E-state index is 0.472. The quantitative estimate of drug-likeness (QED) is 0.730. The predicted octanol–water partition coefficient (Wildman–Crippen LogP) is 1.19. The van der Waals surface area contributed by atoms with E-state index in [0.717, 1.165) is 11.1 Å². The first-order valence-electron chi connectivity index (χ1n) is 3.67. The summed E-state index contributed by atoms with van der Waals surface area (Å²) in [6, 6.07) is 1.82. The highest BCUT2D eigenvalue weighted by Gasteiger charge is 1.99. The van der Waals surface area contributed by atoms with E-state index in [0.29, 0.717) is 12.4 Å². The Morgan fingerprint density at radius 3 is 3.00 bits per heavy atom. The number of nitrogens with two attached hydrogens (primary N) is 1. The van der Waals surface area contributed by atoms with Gasteiger partial charge >= 0.3 is 0 Å². The standard InChI is InChI=1S/C9H12N2O/c1-3-7-6-11-9(12-2)4-8(7)5-10/h3-4,6H,1,5,10H2,2H3. The van der Waals surface area contributed by atoms with Crippen LogP contribution in [0.3, 0.4) is 0 Å². The summed E-state index contributed by atoms with van der Waals surface area (Å²) in [6.45, 7) is 4.13. The number of ether oxygens (including phenoxy) is 1. The second kappa shape index (κ2) is 3.88. The Morgan fingerprint density at radius 2 is 2.50 bits per heavy atom. The van der Waals surface area contributed by atoms with E-state index >= 15 is 0 Å². The Kier molecular flexibility index (Phi) is 2.82. The monoisotopic (exact) mass is 164 g/mol. The van der Waals surface area contributed by atoms with Crippen molar-refractivity contribution in [2.45, 2.75) is 6.54 Å². The number of methoxy groups -OCH3 is 1. The van der Waals surface area contributed by atoms with Crippen LogP contribution < -0.4 is 10.5 Å². The van der Waals surface area contributed by atoms with Crippen molar-refractivity contribution < 1.29 is 4.74 Å². The van der Waals surface area contributed by atoms with Crippen molar-refractivity contribution in [2.75, 3.05) is 7.11 Å². The molecule has 0 saturated heterocycles. The lowest BCUT2D eigenvalue weighted by Crippen LogP contribution is -2.00. The first kappa shape index (κ1) is 8.74. The maximum Gasteiger partial charge on any atom is 0.213 e. The summed E-state index contributed by atoms with van der Waals surface area (Å²) in [5, 5.41) is 0. The zero-order valence-corrected chi connectivity index (χ0v) is 7.08. The van der Waals surface area contributed by atoms with E-state index in [1.165, 1.54) is 0 Å². The fourth-order valence-electron chi connectivity index (χ4n) is 0.958. The molecule has 0 aliphatic rings. The summed E-state index contributed by atoms with van der Waals surface area (Å²) >= 11 is 0. The number of pyridine rings is 1. The second-order valence-electron chi connectivity index (χ2n) is 2.33. The lowest BCUT2D eigenvalue weighted by Gasteiger charge is -2.04. The minimum Gasteiger partial charge on any atom is -0.481 e. The number of rotatable bonds is 3. The predicted molar refractivity (Wildman–Crippen MR) is 48.8 cm³/mol. The van der Waals surface area contributed by atoms with Gasteiger partial charge < -0.3 is 10.5 Å². The smallest absolute Gasteiger partial charge is 0.213 e. The number of hydrogen-bond donors (Lipinski definition) is 1. The van der Waals surface area contributed by atoms with Gasteiger partial charge in [-0.1, -0.05) is 12.7 Å². The molecule has 0 unspecified atom stereocenters. The molecule has 0 aliphatic heterocycles. The highest BCUT2D eigenvalue weighted by atomic mass is 16.5. The SMILES string of the molecule is C=Cc1cnc(OC)cc1CN. The van der Waals surface area contributed by atoms with Crippen LogP contribution in [0.1, 0.15) is 11.1 Å². The van der Waals surface area contributed by atoms with Gasteiger partial charge in [-0.05, 0) is 11.1 Å². The molecule has 0 atom stereocenters. The van der Waals surface area contributed by atoms with Crippen LogP contribution >= 0.6 is 0 Å². The molecule has 1 rings (SSSR count). The van der Waals surface area contributed by atoms with Gasteiger partial charge in [-0.25, -0.2) is 4.98 Å². The van der Waals surface area contributed by atoms with Gasteiger partial charge in [-0.2, -0.15) is 0 Å². The van der Waals surface area contributed by atoms with Crippen LogP contribution in [0, 0.1) is 0 Å². The summed E-state index contributed by atoms with van der Waals surface area (Å²) in [6.07, 6.45) is 3.43. The van der Waals surface area contributed by atoms with Crippen molar-refractivity contribution in [1.82, 2.24) is 4.98 Å². The maximum atomic E-state index is 5.52. The van der Waals surface area contributed by atoms with Gasteiger partial charge in [0.2, 0.25) is 5.88 Å². The van der Waals surface area contributed by atoms with Gasteiger partial charge in [0.25, 0.3) is 0 Å². The lowest BCUT2D eigenvalue weighted by atomic mass is 10.1. The van der Waals surface area contributed by atoms with Gasteiger partial charge in [0.05, 0.1) is 7.11 Å². The third-order valence-corrected chi connectivity index (χ3v) is 1.65. The molecule has 64 valence electrons. The molecule has 0 fully saturated rings. The molecule has 0 bridgehead atoms. The van der Waals surface area contributed by atoms with Crippen molar-refractivity contribution in [2.24, 2.45) is 5.73 Å². The molecule has 1 heterocycles. The molecular weight excluding hydrogens is 152 g/mol. The van der Waals surface area contributed by atoms with Crippen molar-refractivity contribution in [3.63, 3.8) is 0 Å². The molecule has 0 amide bonds. The zero-order chi connectivity index (χ0) is 8.97. The highest BCUT2D eigenvalue weighted by molar-refractivity contribution is 5.51. The Morgan fingerprint density at radius 1 is 1.75 bits per heavy atom. The Hall–Kier alpha value is -1.35. The van der Waals surface area contributed by atoms with E-state index in [1.807, 2.05) is 6.07 Å². The van der Waals surface area contributed by atoms with E-state index in [9.17, 15) is 0 Å². The van der Waals surface area contributed by atoms with E-state index in [4.69, 9.17) is 10.5 Å². The molecule has 0 aliphatic carbocycles. The first-order valence-corrected chi connectivity index (χ1v) is 3.67. The molecule has 0 radical (unpaired) electrons. The Bertz CT molecular complexity index is 284. The molecule has 2 N–H and O–H groups in total. The van der Waals surface area contributed by atoms with Gasteiger partial charge in [-0.15, -0.1) is 0 Å². The first-order chi connectivity index (χ1) is 5.81. The van der Waals surface area contributed by atoms with Crippen LogP contribution in [0.5, 0.6) is 5.88 Å². The lowest BCUT2D eigenvalue weighted by molar-refractivity contribution is 0.397. The zero-order valence-electron chi connectivity index (χ0n) is 7.08. The summed E-state index contributed by atoms with van der Waals surface area (Å²) in [7, 11) is 1.58. The van der Waals surface area contributed by atoms with E-state index < -0.39 is 0 Å². The van der Waals surface area contributed by atoms with E-state index in [2.05, 4.69) is 11.6 Å². The van der Waals surface area contributed by atoms with Crippen LogP contribution in [0.4, 0.5) is 0 Å². The molecule has 3 nitrogen and oxygen atoms in total. The second-order valence-corrected chi connectivity index (χ2v) is 2.33. The molecule has 1 aromatic rings. The van der Waals surface area contributed by atoms with Gasteiger partial charge in [0, 0.05) is 18.8 Å². The van der Waals surface area contributed by atoms with Gasteiger partial charge in [0.1, 0.15) is 0 Å². The van der Waals surface area contributed by atoms with Crippen molar-refractivity contribution in [3.8, 4) is 5.88 Å². The average Bonchev–Trinajstić information content (AvgIpc) is 2.16. The molecule has 0 saturated carbocycles. The van der Waals surface area contributed by atoms with Crippen LogP contribution in [-0.4, -0.2) is 12.1 Å². The molecule has 0 spiro atoms. The van der Waals surface area contributed by atoms with Crippen LogP contribution in [0.25, 0.3) is 6.08 Å². The van der Waals surface area contributed by atoms with Gasteiger partial charge in [0.15, 0.2) is 0 Å². The molecule has 3 heteroatoms. The molecule has 0 aromatic carbocycles. The van der Waals surface area contributed by atoms with Crippen LogP contribution in [-0.2, 0) is 6.54 Å². The Balaban J connectivity index is 3.10. The van der Waals surface area contributed by atoms with Gasteiger partial charge in [-0.3, -0.25) is 0 Å². The Labute approximate surface area is 71.9 Å². The summed E-state index contributed by atoms with van der Waals surface area (Å²) < 4.78 is 4.96. The van der Waals surface area contributed by atoms with Crippen LogP contribution in [0.15, 0.2) is 18.8 Å². The average molecular weight is 164 g/mol. The largest absolute Gasteiger partial charge is 0.481 e. The van der Waals surface area contributed by atoms with Crippen molar-refractivity contribution >= 4 is 6.08 Å². The summed E-state index contributed by atoms with van der Waals surface area (Å²) in [5.74, 6) is 0.584. The fraction of sp³-hybridized carbons (Fsp3) is 0.222. The minimum atomic E-state index is 0.472. The fourth-order valence-corrected chi connectivity index (χ4v) is 0.958. The van der Waals surface area contributed by atoms with Crippen LogP contribution in [0.2, 0.25) is 0 Å². The van der Waals surface area contributed by atoms with Crippen molar-refractivity contribution in [1.29, 1.82) is 0 Å². The summed E-state index contributed by atoms with van der Waals surface area (Å²) in [5.41, 5.74) is 7.47.